The lowest BCUT2D eigenvalue weighted by atomic mass is 10.1. The van der Waals surface area contributed by atoms with E-state index >= 15 is 0 Å². The standard InChI is InChI=1S/C15H15N5O8S2/c1-8-10(7-17)14(21)20(5-4-16)15(22)13(8)19-18-11-6-9(29(23,24)25)2-3-12(11)30(26,27)28/h2-3,6,22H,4-5,16H2,1H3,(H,23,24,25)(H,26,27,28). The molecule has 13 nitrogen and oxygen atoms in total. The van der Waals surface area contributed by atoms with Crippen molar-refractivity contribution >= 4 is 31.6 Å². The minimum atomic E-state index is -4.87. The van der Waals surface area contributed by atoms with E-state index in [9.17, 15) is 36.6 Å². The third-order valence-electron chi connectivity index (χ3n) is 3.89. The number of nitrogens with two attached hydrogens (primary N) is 1. The van der Waals surface area contributed by atoms with Gasteiger partial charge in [-0.1, -0.05) is 0 Å². The Kier molecular flexibility index (Phi) is 6.39. The maximum atomic E-state index is 12.2. The number of aromatic hydroxyl groups is 1. The first-order valence-corrected chi connectivity index (χ1v) is 10.8. The van der Waals surface area contributed by atoms with Gasteiger partial charge in [0.25, 0.3) is 25.8 Å². The fourth-order valence-corrected chi connectivity index (χ4v) is 3.56. The molecule has 0 spiro atoms. The SMILES string of the molecule is Cc1c(N=Nc2cc(S(=O)(=O)O)ccc2S(=O)(=O)O)c(O)n(CCN)c(=O)c1C#N. The van der Waals surface area contributed by atoms with E-state index in [1.165, 1.54) is 6.92 Å². The van der Waals surface area contributed by atoms with E-state index in [0.29, 0.717) is 12.1 Å². The molecular weight excluding hydrogens is 442 g/mol. The topological polar surface area (TPSA) is 225 Å². The molecule has 2 aromatic rings. The highest BCUT2D eigenvalue weighted by molar-refractivity contribution is 7.86. The first-order chi connectivity index (χ1) is 13.8. The van der Waals surface area contributed by atoms with Gasteiger partial charge in [-0.05, 0) is 25.1 Å². The van der Waals surface area contributed by atoms with Crippen molar-refractivity contribution in [1.29, 1.82) is 5.26 Å². The van der Waals surface area contributed by atoms with Crippen molar-refractivity contribution < 1.29 is 31.0 Å². The zero-order valence-electron chi connectivity index (χ0n) is 15.2. The summed E-state index contributed by atoms with van der Waals surface area (Å²) in [6, 6.07) is 3.67. The zero-order valence-corrected chi connectivity index (χ0v) is 16.8. The van der Waals surface area contributed by atoms with Crippen LogP contribution in [-0.4, -0.2) is 42.2 Å². The van der Waals surface area contributed by atoms with Crippen LogP contribution in [0.25, 0.3) is 0 Å². The van der Waals surface area contributed by atoms with E-state index in [-0.39, 0.29) is 24.2 Å². The number of hydrogen-bond acceptors (Lipinski definition) is 10. The lowest BCUT2D eigenvalue weighted by molar-refractivity contribution is 0.408. The summed E-state index contributed by atoms with van der Waals surface area (Å²) in [5.41, 5.74) is 3.01. The third kappa shape index (κ3) is 4.53. The molecule has 1 aromatic carbocycles. The summed E-state index contributed by atoms with van der Waals surface area (Å²) in [6.45, 7) is 1.04. The molecule has 0 atom stereocenters. The van der Waals surface area contributed by atoms with Crippen LogP contribution < -0.4 is 11.3 Å². The Hall–Kier alpha value is -3.16. The second-order valence-electron chi connectivity index (χ2n) is 5.81. The summed E-state index contributed by atoms with van der Waals surface area (Å²) in [5, 5.41) is 26.7. The van der Waals surface area contributed by atoms with Crippen LogP contribution in [0.2, 0.25) is 0 Å². The van der Waals surface area contributed by atoms with Gasteiger partial charge in [-0.3, -0.25) is 18.5 Å². The number of aromatic nitrogens is 1. The minimum Gasteiger partial charge on any atom is -0.493 e. The van der Waals surface area contributed by atoms with Crippen LogP contribution in [0.15, 0.2) is 43.0 Å². The number of benzene rings is 1. The van der Waals surface area contributed by atoms with Crippen molar-refractivity contribution in [1.82, 2.24) is 4.57 Å². The average Bonchev–Trinajstić information content (AvgIpc) is 2.63. The van der Waals surface area contributed by atoms with Crippen LogP contribution in [0.3, 0.4) is 0 Å². The number of pyridine rings is 1. The summed E-state index contributed by atoms with van der Waals surface area (Å²) in [6.07, 6.45) is 0. The molecule has 160 valence electrons. The summed E-state index contributed by atoms with van der Waals surface area (Å²) < 4.78 is 64.9. The van der Waals surface area contributed by atoms with Crippen LogP contribution in [0.4, 0.5) is 11.4 Å². The quantitative estimate of drug-likeness (QED) is 0.349. The van der Waals surface area contributed by atoms with E-state index in [1.54, 1.807) is 6.07 Å². The van der Waals surface area contributed by atoms with Crippen LogP contribution in [0.1, 0.15) is 11.1 Å². The Morgan fingerprint density at radius 2 is 1.80 bits per heavy atom. The average molecular weight is 457 g/mol. The van der Waals surface area contributed by atoms with Crippen molar-refractivity contribution in [2.75, 3.05) is 6.54 Å². The van der Waals surface area contributed by atoms with Gasteiger partial charge in [0, 0.05) is 18.7 Å². The number of hydrogen-bond donors (Lipinski definition) is 4. The Morgan fingerprint density at radius 1 is 1.17 bits per heavy atom. The molecule has 15 heteroatoms. The highest BCUT2D eigenvalue weighted by Gasteiger charge is 2.22. The monoisotopic (exact) mass is 457 g/mol. The molecule has 0 amide bonds. The minimum absolute atomic E-state index is 0.0682. The van der Waals surface area contributed by atoms with Crippen molar-refractivity contribution in [2.45, 2.75) is 23.3 Å². The maximum absolute atomic E-state index is 12.2. The Balaban J connectivity index is 2.81. The predicted molar refractivity (Wildman–Crippen MR) is 101 cm³/mol. The molecule has 0 aliphatic carbocycles. The number of nitrogens with zero attached hydrogens (tertiary/aromatic N) is 4. The van der Waals surface area contributed by atoms with Gasteiger partial charge in [-0.15, -0.1) is 10.2 Å². The van der Waals surface area contributed by atoms with E-state index in [0.717, 1.165) is 10.6 Å². The van der Waals surface area contributed by atoms with Gasteiger partial charge in [0.05, 0.1) is 4.90 Å². The van der Waals surface area contributed by atoms with Crippen LogP contribution in [0, 0.1) is 18.3 Å². The summed E-state index contributed by atoms with van der Waals surface area (Å²) in [4.78, 5) is 10.7. The molecule has 1 heterocycles. The molecular formula is C15H15N5O8S2. The second kappa shape index (κ2) is 8.30. The Morgan fingerprint density at radius 3 is 2.30 bits per heavy atom. The number of nitriles is 1. The van der Waals surface area contributed by atoms with Gasteiger partial charge in [-0.2, -0.15) is 22.1 Å². The molecule has 5 N–H and O–H groups in total. The van der Waals surface area contributed by atoms with E-state index < -0.39 is 52.8 Å². The van der Waals surface area contributed by atoms with Gasteiger partial charge in [-0.25, -0.2) is 0 Å². The van der Waals surface area contributed by atoms with Gasteiger partial charge in [0.2, 0.25) is 5.88 Å². The summed E-state index contributed by atoms with van der Waals surface area (Å²) in [5.74, 6) is -0.718. The molecule has 0 aliphatic heterocycles. The highest BCUT2D eigenvalue weighted by atomic mass is 32.2. The predicted octanol–water partition coefficient (Wildman–Crippen LogP) is 0.602. The fraction of sp³-hybridized carbons (Fsp3) is 0.200. The van der Waals surface area contributed by atoms with E-state index in [4.69, 9.17) is 10.3 Å². The zero-order chi connectivity index (χ0) is 22.9. The van der Waals surface area contributed by atoms with Crippen molar-refractivity contribution in [2.24, 2.45) is 16.0 Å². The lowest BCUT2D eigenvalue weighted by Gasteiger charge is -2.12. The van der Waals surface area contributed by atoms with Crippen molar-refractivity contribution in [3.8, 4) is 11.9 Å². The van der Waals surface area contributed by atoms with Crippen LogP contribution in [0.5, 0.6) is 5.88 Å². The highest BCUT2D eigenvalue weighted by Crippen LogP contribution is 2.34. The maximum Gasteiger partial charge on any atom is 0.296 e. The molecule has 2 rings (SSSR count). The van der Waals surface area contributed by atoms with Crippen molar-refractivity contribution in [3.63, 3.8) is 0 Å². The normalized spacial score (nSPS) is 12.2. The Bertz CT molecular complexity index is 1350. The van der Waals surface area contributed by atoms with Crippen molar-refractivity contribution in [3.05, 3.63) is 39.7 Å². The summed E-state index contributed by atoms with van der Waals surface area (Å²) in [7, 11) is -9.62. The second-order valence-corrected chi connectivity index (χ2v) is 8.62. The molecule has 1 aromatic heterocycles. The van der Waals surface area contributed by atoms with Crippen LogP contribution >= 0.6 is 0 Å². The summed E-state index contributed by atoms with van der Waals surface area (Å²) >= 11 is 0. The van der Waals surface area contributed by atoms with Crippen LogP contribution in [-0.2, 0) is 26.8 Å². The van der Waals surface area contributed by atoms with Gasteiger partial charge >= 0.3 is 0 Å². The van der Waals surface area contributed by atoms with E-state index in [2.05, 4.69) is 10.2 Å². The fourth-order valence-electron chi connectivity index (χ4n) is 2.45. The third-order valence-corrected chi connectivity index (χ3v) is 5.64. The Labute approximate surface area is 170 Å². The van der Waals surface area contributed by atoms with E-state index in [1.807, 2.05) is 0 Å². The largest absolute Gasteiger partial charge is 0.493 e. The molecule has 0 saturated carbocycles. The molecule has 0 unspecified atom stereocenters. The smallest absolute Gasteiger partial charge is 0.296 e. The van der Waals surface area contributed by atoms with Gasteiger partial charge < -0.3 is 10.8 Å². The lowest BCUT2D eigenvalue weighted by Crippen LogP contribution is -2.26. The molecule has 0 radical (unpaired) electrons. The first kappa shape index (κ1) is 23.1. The van der Waals surface area contributed by atoms with Gasteiger partial charge in [0.1, 0.15) is 22.2 Å². The molecule has 0 bridgehead atoms. The first-order valence-electron chi connectivity index (χ1n) is 7.90. The number of azo groups is 1. The molecule has 0 aliphatic rings. The molecule has 30 heavy (non-hydrogen) atoms. The van der Waals surface area contributed by atoms with Gasteiger partial charge in [0.15, 0.2) is 5.69 Å². The molecule has 0 fully saturated rings. The molecule has 0 saturated heterocycles. The number of rotatable bonds is 6.